The number of amides is 1. The van der Waals surface area contributed by atoms with E-state index in [0.29, 0.717) is 6.42 Å². The van der Waals surface area contributed by atoms with E-state index in [-0.39, 0.29) is 29.2 Å². The first-order chi connectivity index (χ1) is 9.61. The highest BCUT2D eigenvalue weighted by Gasteiger charge is 2.23. The summed E-state index contributed by atoms with van der Waals surface area (Å²) in [5, 5.41) is 9.88. The zero-order valence-corrected chi connectivity index (χ0v) is 13.8. The number of nitrogens with two attached hydrogens (primary N) is 1. The predicted octanol–water partition coefficient (Wildman–Crippen LogP) is 3.07. The molecule has 0 spiro atoms. The third-order valence-electron chi connectivity index (χ3n) is 3.67. The molecule has 0 aliphatic carbocycles. The lowest BCUT2D eigenvalue weighted by Crippen LogP contribution is -2.36. The summed E-state index contributed by atoms with van der Waals surface area (Å²) in [6, 6.07) is 6.77. The quantitative estimate of drug-likeness (QED) is 0.876. The highest BCUT2D eigenvalue weighted by molar-refractivity contribution is 5.77. The Morgan fingerprint density at radius 3 is 2.43 bits per heavy atom. The van der Waals surface area contributed by atoms with Crippen LogP contribution in [0.25, 0.3) is 0 Å². The highest BCUT2D eigenvalue weighted by Crippen LogP contribution is 2.28. The van der Waals surface area contributed by atoms with Gasteiger partial charge in [0, 0.05) is 25.1 Å². The van der Waals surface area contributed by atoms with Crippen molar-refractivity contribution < 1.29 is 9.90 Å². The van der Waals surface area contributed by atoms with Gasteiger partial charge in [0.1, 0.15) is 5.75 Å². The van der Waals surface area contributed by atoms with E-state index in [1.807, 2.05) is 19.1 Å². The smallest absolute Gasteiger partial charge is 0.224 e. The van der Waals surface area contributed by atoms with Crippen molar-refractivity contribution in [3.63, 3.8) is 0 Å². The highest BCUT2D eigenvalue weighted by atomic mass is 16.3. The standard InChI is InChI=1S/C17H28N2O2/c1-12(14-8-6-7-9-15(14)20)19(5)16(21)10-13(18)11-17(2,3)4/h6-9,12-13,20H,10-11,18H2,1-5H3. The van der Waals surface area contributed by atoms with Gasteiger partial charge >= 0.3 is 0 Å². The zero-order valence-electron chi connectivity index (χ0n) is 13.8. The molecule has 0 fully saturated rings. The second-order valence-electron chi connectivity index (χ2n) is 6.97. The van der Waals surface area contributed by atoms with Crippen LogP contribution in [0.3, 0.4) is 0 Å². The summed E-state index contributed by atoms with van der Waals surface area (Å²) in [6.07, 6.45) is 1.13. The molecule has 21 heavy (non-hydrogen) atoms. The Hall–Kier alpha value is -1.55. The maximum absolute atomic E-state index is 12.3. The molecule has 0 aliphatic heterocycles. The van der Waals surface area contributed by atoms with Crippen LogP contribution in [0.4, 0.5) is 0 Å². The van der Waals surface area contributed by atoms with E-state index in [0.717, 1.165) is 12.0 Å². The first-order valence-electron chi connectivity index (χ1n) is 7.41. The number of carbonyl (C=O) groups is 1. The number of para-hydroxylation sites is 1. The number of aromatic hydroxyl groups is 1. The van der Waals surface area contributed by atoms with E-state index in [1.165, 1.54) is 0 Å². The number of nitrogens with zero attached hydrogens (tertiary/aromatic N) is 1. The fourth-order valence-corrected chi connectivity index (χ4v) is 2.49. The van der Waals surface area contributed by atoms with Crippen molar-refractivity contribution in [1.82, 2.24) is 4.90 Å². The molecular formula is C17H28N2O2. The van der Waals surface area contributed by atoms with Crippen LogP contribution in [0.2, 0.25) is 0 Å². The Morgan fingerprint density at radius 1 is 1.33 bits per heavy atom. The first-order valence-corrected chi connectivity index (χ1v) is 7.41. The SMILES string of the molecule is CC(c1ccccc1O)N(C)C(=O)CC(N)CC(C)(C)C. The monoisotopic (exact) mass is 292 g/mol. The summed E-state index contributed by atoms with van der Waals surface area (Å²) < 4.78 is 0. The number of hydrogen-bond donors (Lipinski definition) is 2. The topological polar surface area (TPSA) is 66.6 Å². The van der Waals surface area contributed by atoms with Gasteiger partial charge < -0.3 is 15.7 Å². The Balaban J connectivity index is 2.68. The normalized spacial score (nSPS) is 14.6. The molecule has 0 saturated heterocycles. The van der Waals surface area contributed by atoms with Crippen LogP contribution in [-0.2, 0) is 4.79 Å². The minimum Gasteiger partial charge on any atom is -0.508 e. The molecule has 0 heterocycles. The van der Waals surface area contributed by atoms with Crippen molar-refractivity contribution in [1.29, 1.82) is 0 Å². The van der Waals surface area contributed by atoms with Gasteiger partial charge in [-0.2, -0.15) is 0 Å². The fraction of sp³-hybridized carbons (Fsp3) is 0.588. The third kappa shape index (κ3) is 5.38. The summed E-state index contributed by atoms with van der Waals surface area (Å²) in [6.45, 7) is 8.26. The third-order valence-corrected chi connectivity index (χ3v) is 3.67. The number of carbonyl (C=O) groups excluding carboxylic acids is 1. The Bertz CT molecular complexity index is 480. The van der Waals surface area contributed by atoms with Crippen LogP contribution in [0.15, 0.2) is 24.3 Å². The fourth-order valence-electron chi connectivity index (χ4n) is 2.49. The number of phenolic OH excluding ortho intramolecular Hbond substituents is 1. The van der Waals surface area contributed by atoms with E-state index in [4.69, 9.17) is 5.73 Å². The van der Waals surface area contributed by atoms with Crippen LogP contribution in [0, 0.1) is 5.41 Å². The molecule has 0 bridgehead atoms. The zero-order chi connectivity index (χ0) is 16.2. The van der Waals surface area contributed by atoms with Crippen LogP contribution in [-0.4, -0.2) is 29.0 Å². The summed E-state index contributed by atoms with van der Waals surface area (Å²) in [7, 11) is 1.75. The lowest BCUT2D eigenvalue weighted by Gasteiger charge is -2.28. The molecule has 2 unspecified atom stereocenters. The van der Waals surface area contributed by atoms with Gasteiger partial charge in [0.25, 0.3) is 0 Å². The molecule has 0 aliphatic rings. The van der Waals surface area contributed by atoms with Crippen molar-refractivity contribution in [3.05, 3.63) is 29.8 Å². The number of hydrogen-bond acceptors (Lipinski definition) is 3. The molecule has 0 aromatic heterocycles. The van der Waals surface area contributed by atoms with Gasteiger partial charge in [-0.25, -0.2) is 0 Å². The minimum atomic E-state index is -0.180. The predicted molar refractivity (Wildman–Crippen MR) is 86.0 cm³/mol. The average molecular weight is 292 g/mol. The van der Waals surface area contributed by atoms with Gasteiger partial charge in [0.05, 0.1) is 6.04 Å². The number of rotatable bonds is 5. The molecule has 1 aromatic rings. The summed E-state index contributed by atoms with van der Waals surface area (Å²) in [5.41, 5.74) is 6.93. The van der Waals surface area contributed by atoms with Crippen molar-refractivity contribution in [2.45, 2.75) is 52.6 Å². The molecular weight excluding hydrogens is 264 g/mol. The molecule has 1 rings (SSSR count). The maximum atomic E-state index is 12.3. The summed E-state index contributed by atoms with van der Waals surface area (Å²) >= 11 is 0. The second-order valence-corrected chi connectivity index (χ2v) is 6.97. The van der Waals surface area contributed by atoms with Crippen molar-refractivity contribution in [2.24, 2.45) is 11.1 Å². The van der Waals surface area contributed by atoms with Gasteiger partial charge in [0.2, 0.25) is 5.91 Å². The van der Waals surface area contributed by atoms with E-state index < -0.39 is 0 Å². The summed E-state index contributed by atoms with van der Waals surface area (Å²) in [5.74, 6) is 0.214. The molecule has 0 radical (unpaired) electrons. The Morgan fingerprint density at radius 2 is 1.90 bits per heavy atom. The lowest BCUT2D eigenvalue weighted by molar-refractivity contribution is -0.132. The Labute approximate surface area is 128 Å². The molecule has 1 amide bonds. The number of phenols is 1. The molecule has 2 atom stereocenters. The van der Waals surface area contributed by atoms with Crippen LogP contribution >= 0.6 is 0 Å². The van der Waals surface area contributed by atoms with Gasteiger partial charge in [-0.1, -0.05) is 39.0 Å². The largest absolute Gasteiger partial charge is 0.508 e. The Kier molecular flexibility index (Phi) is 5.78. The average Bonchev–Trinajstić information content (AvgIpc) is 2.35. The molecule has 4 heteroatoms. The van der Waals surface area contributed by atoms with E-state index in [2.05, 4.69) is 20.8 Å². The molecule has 1 aromatic carbocycles. The number of benzene rings is 1. The van der Waals surface area contributed by atoms with Crippen molar-refractivity contribution in [3.8, 4) is 5.75 Å². The molecule has 0 saturated carbocycles. The van der Waals surface area contributed by atoms with Gasteiger partial charge in [0.15, 0.2) is 0 Å². The van der Waals surface area contributed by atoms with Crippen molar-refractivity contribution in [2.75, 3.05) is 7.05 Å². The van der Waals surface area contributed by atoms with E-state index in [9.17, 15) is 9.90 Å². The minimum absolute atomic E-state index is 0.00232. The van der Waals surface area contributed by atoms with E-state index in [1.54, 1.807) is 24.1 Å². The van der Waals surface area contributed by atoms with Crippen molar-refractivity contribution >= 4 is 5.91 Å². The summed E-state index contributed by atoms with van der Waals surface area (Å²) in [4.78, 5) is 14.0. The van der Waals surface area contributed by atoms with Gasteiger partial charge in [-0.15, -0.1) is 0 Å². The molecule has 118 valence electrons. The van der Waals surface area contributed by atoms with E-state index >= 15 is 0 Å². The van der Waals surface area contributed by atoms with Crippen LogP contribution in [0.5, 0.6) is 5.75 Å². The van der Waals surface area contributed by atoms with Crippen LogP contribution in [0.1, 0.15) is 52.1 Å². The second kappa shape index (κ2) is 6.94. The van der Waals surface area contributed by atoms with Gasteiger partial charge in [-0.3, -0.25) is 4.79 Å². The van der Waals surface area contributed by atoms with Crippen LogP contribution < -0.4 is 5.73 Å². The molecule has 4 nitrogen and oxygen atoms in total. The van der Waals surface area contributed by atoms with Gasteiger partial charge in [-0.05, 0) is 24.8 Å². The maximum Gasteiger partial charge on any atom is 0.224 e. The lowest BCUT2D eigenvalue weighted by atomic mass is 9.87. The first kappa shape index (κ1) is 17.5. The molecule has 3 N–H and O–H groups in total.